The van der Waals surface area contributed by atoms with Gasteiger partial charge in [0.25, 0.3) is 5.69 Å². The summed E-state index contributed by atoms with van der Waals surface area (Å²) < 4.78 is 0. The van der Waals surface area contributed by atoms with Crippen LogP contribution in [-0.4, -0.2) is 16.5 Å². The fraction of sp³-hybridized carbons (Fsp3) is 0.0667. The van der Waals surface area contributed by atoms with Gasteiger partial charge in [0.05, 0.1) is 4.92 Å². The number of benzene rings is 2. The summed E-state index contributed by atoms with van der Waals surface area (Å²) in [6.07, 6.45) is 0. The van der Waals surface area contributed by atoms with Crippen LogP contribution in [0.2, 0.25) is 0 Å². The Morgan fingerprint density at radius 1 is 0.850 bits per heavy atom. The molecule has 1 aliphatic rings. The molecule has 0 radical (unpaired) electrons. The van der Waals surface area contributed by atoms with Crippen LogP contribution in [0.3, 0.4) is 0 Å². The molecule has 2 aromatic rings. The predicted octanol–water partition coefficient (Wildman–Crippen LogP) is 2.68. The maximum Gasteiger partial charge on any atom is 0.270 e. The molecule has 0 bridgehead atoms. The summed E-state index contributed by atoms with van der Waals surface area (Å²) in [6, 6.07) is 8.75. The Hall–Kier alpha value is -2.82. The van der Waals surface area contributed by atoms with Gasteiger partial charge in [-0.05, 0) is 19.1 Å². The Morgan fingerprint density at radius 3 is 2.00 bits per heavy atom. The van der Waals surface area contributed by atoms with Crippen LogP contribution in [0.4, 0.5) is 5.69 Å². The van der Waals surface area contributed by atoms with Crippen LogP contribution in [0.1, 0.15) is 37.4 Å². The highest BCUT2D eigenvalue weighted by molar-refractivity contribution is 6.28. The summed E-state index contributed by atoms with van der Waals surface area (Å²) in [4.78, 5) is 34.9. The molecule has 1 aliphatic carbocycles. The Morgan fingerprint density at radius 2 is 1.40 bits per heavy atom. The van der Waals surface area contributed by atoms with E-state index in [-0.39, 0.29) is 28.4 Å². The van der Waals surface area contributed by atoms with E-state index >= 15 is 0 Å². The summed E-state index contributed by atoms with van der Waals surface area (Å²) in [6.45, 7) is 1.84. The molecule has 0 spiro atoms. The van der Waals surface area contributed by atoms with E-state index in [9.17, 15) is 19.7 Å². The summed E-state index contributed by atoms with van der Waals surface area (Å²) in [7, 11) is 0. The maximum atomic E-state index is 12.4. The van der Waals surface area contributed by atoms with Gasteiger partial charge in [0, 0.05) is 34.4 Å². The van der Waals surface area contributed by atoms with Crippen molar-refractivity contribution >= 4 is 17.3 Å². The zero-order chi connectivity index (χ0) is 14.4. The maximum absolute atomic E-state index is 12.4. The molecule has 0 atom stereocenters. The highest BCUT2D eigenvalue weighted by atomic mass is 16.6. The van der Waals surface area contributed by atoms with Gasteiger partial charge in [0.1, 0.15) is 0 Å². The van der Waals surface area contributed by atoms with Gasteiger partial charge in [0.2, 0.25) is 0 Å². The van der Waals surface area contributed by atoms with Gasteiger partial charge in [-0.15, -0.1) is 0 Å². The number of carbonyl (C=O) groups excluding carboxylic acids is 2. The number of hydrogen-bond donors (Lipinski definition) is 0. The Labute approximate surface area is 114 Å². The lowest BCUT2D eigenvalue weighted by atomic mass is 9.83. The largest absolute Gasteiger partial charge is 0.289 e. The molecule has 98 valence electrons. The first-order chi connectivity index (χ1) is 9.49. The fourth-order valence-corrected chi connectivity index (χ4v) is 2.37. The Bertz CT molecular complexity index is 792. The third-order valence-corrected chi connectivity index (χ3v) is 3.37. The molecule has 5 nitrogen and oxygen atoms in total. The smallest absolute Gasteiger partial charge is 0.270 e. The van der Waals surface area contributed by atoms with E-state index in [1.807, 2.05) is 6.92 Å². The summed E-state index contributed by atoms with van der Waals surface area (Å²) >= 11 is 0. The monoisotopic (exact) mass is 267 g/mol. The van der Waals surface area contributed by atoms with Gasteiger partial charge in [-0.3, -0.25) is 19.7 Å². The van der Waals surface area contributed by atoms with E-state index in [1.54, 1.807) is 18.2 Å². The highest BCUT2D eigenvalue weighted by Crippen LogP contribution is 2.30. The number of nitrogens with zero attached hydrogens (tertiary/aromatic N) is 1. The van der Waals surface area contributed by atoms with Crippen molar-refractivity contribution < 1.29 is 14.5 Å². The van der Waals surface area contributed by atoms with Crippen molar-refractivity contribution in [2.75, 3.05) is 0 Å². The second kappa shape index (κ2) is 4.09. The predicted molar refractivity (Wildman–Crippen MR) is 71.1 cm³/mol. The van der Waals surface area contributed by atoms with Gasteiger partial charge in [0.15, 0.2) is 11.6 Å². The van der Waals surface area contributed by atoms with E-state index < -0.39 is 4.92 Å². The normalized spacial score (nSPS) is 12.8. The van der Waals surface area contributed by atoms with Gasteiger partial charge in [-0.25, -0.2) is 0 Å². The molecule has 20 heavy (non-hydrogen) atoms. The average molecular weight is 267 g/mol. The number of ketones is 2. The first-order valence-corrected chi connectivity index (χ1v) is 5.97. The molecule has 0 amide bonds. The molecular weight excluding hydrogens is 258 g/mol. The summed E-state index contributed by atoms with van der Waals surface area (Å²) in [5, 5.41) is 10.8. The lowest BCUT2D eigenvalue weighted by Gasteiger charge is -2.17. The average Bonchev–Trinajstić information content (AvgIpc) is 2.44. The lowest BCUT2D eigenvalue weighted by molar-refractivity contribution is -0.384. The number of nitro benzene ring substituents is 1. The molecule has 0 aromatic heterocycles. The second-order valence-electron chi connectivity index (χ2n) is 4.69. The Balaban J connectivity index is 2.26. The number of rotatable bonds is 1. The minimum Gasteiger partial charge on any atom is -0.289 e. The highest BCUT2D eigenvalue weighted by Gasteiger charge is 2.30. The third kappa shape index (κ3) is 1.64. The van der Waals surface area contributed by atoms with Crippen LogP contribution in [0.5, 0.6) is 0 Å². The summed E-state index contributed by atoms with van der Waals surface area (Å²) in [5.74, 6) is -0.619. The van der Waals surface area contributed by atoms with Gasteiger partial charge in [-0.2, -0.15) is 0 Å². The van der Waals surface area contributed by atoms with Crippen LogP contribution in [0.15, 0.2) is 36.4 Å². The molecule has 0 fully saturated rings. The molecule has 0 N–H and O–H groups in total. The van der Waals surface area contributed by atoms with E-state index in [0.29, 0.717) is 11.1 Å². The quantitative estimate of drug-likeness (QED) is 0.501. The number of hydrogen-bond acceptors (Lipinski definition) is 4. The number of carbonyl (C=O) groups is 2. The number of fused-ring (bicyclic) bond motifs is 2. The van der Waals surface area contributed by atoms with Crippen LogP contribution < -0.4 is 0 Å². The van der Waals surface area contributed by atoms with Crippen molar-refractivity contribution in [1.82, 2.24) is 0 Å². The van der Waals surface area contributed by atoms with Crippen LogP contribution in [0, 0.1) is 17.0 Å². The fourth-order valence-electron chi connectivity index (χ4n) is 2.37. The number of non-ortho nitro benzene ring substituents is 1. The molecule has 5 heteroatoms. The third-order valence-electron chi connectivity index (χ3n) is 3.37. The molecule has 0 heterocycles. The topological polar surface area (TPSA) is 77.3 Å². The van der Waals surface area contributed by atoms with Crippen molar-refractivity contribution in [3.05, 3.63) is 74.3 Å². The molecule has 0 saturated heterocycles. The van der Waals surface area contributed by atoms with Crippen LogP contribution >= 0.6 is 0 Å². The second-order valence-corrected chi connectivity index (χ2v) is 4.69. The zero-order valence-corrected chi connectivity index (χ0v) is 10.5. The van der Waals surface area contributed by atoms with Crippen molar-refractivity contribution in [3.8, 4) is 0 Å². The minimum absolute atomic E-state index is 0.0977. The van der Waals surface area contributed by atoms with Crippen molar-refractivity contribution in [1.29, 1.82) is 0 Å². The van der Waals surface area contributed by atoms with Crippen molar-refractivity contribution in [2.45, 2.75) is 6.92 Å². The van der Waals surface area contributed by atoms with Gasteiger partial charge < -0.3 is 0 Å². The lowest BCUT2D eigenvalue weighted by Crippen LogP contribution is -2.21. The minimum atomic E-state index is -0.581. The van der Waals surface area contributed by atoms with Gasteiger partial charge >= 0.3 is 0 Å². The number of aryl methyl sites for hydroxylation is 1. The number of nitro groups is 1. The zero-order valence-electron chi connectivity index (χ0n) is 10.5. The first-order valence-electron chi connectivity index (χ1n) is 5.97. The molecule has 0 aliphatic heterocycles. The SMILES string of the molecule is Cc1ccc2c(c1)C(=O)c1ccc([N+](=O)[O-])cc1C2=O. The van der Waals surface area contributed by atoms with E-state index in [2.05, 4.69) is 0 Å². The summed E-state index contributed by atoms with van der Waals surface area (Å²) in [5.41, 5.74) is 1.67. The van der Waals surface area contributed by atoms with E-state index in [1.165, 1.54) is 18.2 Å². The standard InChI is InChI=1S/C15H9NO4/c1-8-2-4-10-12(6-8)14(17)11-5-3-9(16(19)20)7-13(11)15(10)18/h2-7H,1H3. The van der Waals surface area contributed by atoms with Crippen LogP contribution in [0.25, 0.3) is 0 Å². The first kappa shape index (κ1) is 12.2. The molecule has 0 unspecified atom stereocenters. The molecule has 3 rings (SSSR count). The van der Waals surface area contributed by atoms with Crippen molar-refractivity contribution in [3.63, 3.8) is 0 Å². The molecular formula is C15H9NO4. The van der Waals surface area contributed by atoms with Crippen LogP contribution in [-0.2, 0) is 0 Å². The Kier molecular flexibility index (Phi) is 2.50. The van der Waals surface area contributed by atoms with Crippen molar-refractivity contribution in [2.24, 2.45) is 0 Å². The molecule has 2 aromatic carbocycles. The van der Waals surface area contributed by atoms with Gasteiger partial charge in [-0.1, -0.05) is 17.7 Å². The van der Waals surface area contributed by atoms with E-state index in [4.69, 9.17) is 0 Å². The molecule has 0 saturated carbocycles. The van der Waals surface area contributed by atoms with E-state index in [0.717, 1.165) is 5.56 Å².